The fourth-order valence-electron chi connectivity index (χ4n) is 6.71. The summed E-state index contributed by atoms with van der Waals surface area (Å²) in [6, 6.07) is 56.7. The van der Waals surface area contributed by atoms with Crippen LogP contribution in [0.5, 0.6) is 0 Å². The largest absolute Gasteiger partial charge is 0.192 e. The molecule has 0 unspecified atom stereocenters. The quantitative estimate of drug-likeness (QED) is 0.192. The van der Waals surface area contributed by atoms with E-state index in [-0.39, 0.29) is 0 Å². The van der Waals surface area contributed by atoms with E-state index in [1.165, 1.54) is 51.5 Å². The summed E-state index contributed by atoms with van der Waals surface area (Å²) in [5, 5.41) is 15.3. The van der Waals surface area contributed by atoms with E-state index in [4.69, 9.17) is 0 Å². The molecule has 0 saturated heterocycles. The Morgan fingerprint density at radius 3 is 1.85 bits per heavy atom. The van der Waals surface area contributed by atoms with Crippen LogP contribution in [0.15, 0.2) is 152 Å². The molecular weight excluding hydrogens is 595 g/mol. The Hall–Kier alpha value is -5.53. The first kappa shape index (κ1) is 26.8. The van der Waals surface area contributed by atoms with Crippen molar-refractivity contribution in [2.45, 2.75) is 0 Å². The van der Waals surface area contributed by atoms with Crippen molar-refractivity contribution < 1.29 is 0 Å². The number of hydrogen-bond donors (Lipinski definition) is 0. The Morgan fingerprint density at radius 1 is 0.370 bits per heavy atom. The number of nitrogens with zero attached hydrogens (tertiary/aromatic N) is 1. The lowest BCUT2D eigenvalue weighted by Crippen LogP contribution is -1.91. The molecule has 0 amide bonds. The van der Waals surface area contributed by atoms with Crippen LogP contribution in [0.4, 0.5) is 0 Å². The second-order valence-electron chi connectivity index (χ2n) is 11.6. The van der Waals surface area contributed by atoms with Crippen molar-refractivity contribution in [1.29, 1.82) is 5.26 Å². The predicted octanol–water partition coefficient (Wildman–Crippen LogP) is 13.0. The van der Waals surface area contributed by atoms with Crippen molar-refractivity contribution in [3.05, 3.63) is 157 Å². The number of hydrogen-bond acceptors (Lipinski definition) is 3. The Morgan fingerprint density at radius 2 is 1.02 bits per heavy atom. The van der Waals surface area contributed by atoms with E-state index in [1.54, 1.807) is 0 Å². The molecule has 0 aliphatic carbocycles. The summed E-state index contributed by atoms with van der Waals surface area (Å²) in [7, 11) is 0. The number of thiophene rings is 2. The SMILES string of the molecule is N#Cc1cc(-c2ccccc2)cc(-c2cc(-c3ccc4c(c3)sc3ccccc34)ccc2-c2cccc3c2sc2ccccc23)c1. The molecular formula is C43H25NS2. The van der Waals surface area contributed by atoms with Gasteiger partial charge in [0, 0.05) is 45.9 Å². The van der Waals surface area contributed by atoms with Gasteiger partial charge in [-0.25, -0.2) is 0 Å². The molecule has 1 nitrogen and oxygen atoms in total. The number of benzene rings is 7. The summed E-state index contributed by atoms with van der Waals surface area (Å²) in [6.07, 6.45) is 0. The molecule has 9 rings (SSSR count). The minimum Gasteiger partial charge on any atom is -0.192 e. The molecule has 9 aromatic rings. The molecule has 7 aromatic carbocycles. The summed E-state index contributed by atoms with van der Waals surface area (Å²) in [5.74, 6) is 0. The van der Waals surface area contributed by atoms with Crippen molar-refractivity contribution in [1.82, 2.24) is 0 Å². The maximum atomic E-state index is 10.1. The van der Waals surface area contributed by atoms with Crippen LogP contribution in [-0.4, -0.2) is 0 Å². The first-order chi connectivity index (χ1) is 22.7. The van der Waals surface area contributed by atoms with Gasteiger partial charge in [-0.2, -0.15) is 5.26 Å². The monoisotopic (exact) mass is 619 g/mol. The van der Waals surface area contributed by atoms with Crippen molar-refractivity contribution in [3.8, 4) is 50.6 Å². The molecule has 0 aliphatic heterocycles. The highest BCUT2D eigenvalue weighted by molar-refractivity contribution is 7.26. The predicted molar refractivity (Wildman–Crippen MR) is 199 cm³/mol. The molecule has 46 heavy (non-hydrogen) atoms. The molecule has 0 atom stereocenters. The van der Waals surface area contributed by atoms with Gasteiger partial charge in [-0.15, -0.1) is 22.7 Å². The van der Waals surface area contributed by atoms with Gasteiger partial charge in [0.15, 0.2) is 0 Å². The van der Waals surface area contributed by atoms with E-state index >= 15 is 0 Å². The zero-order chi connectivity index (χ0) is 30.6. The zero-order valence-electron chi connectivity index (χ0n) is 24.7. The highest BCUT2D eigenvalue weighted by atomic mass is 32.1. The normalized spacial score (nSPS) is 11.5. The van der Waals surface area contributed by atoms with Gasteiger partial charge in [0.25, 0.3) is 0 Å². The lowest BCUT2D eigenvalue weighted by atomic mass is 9.88. The van der Waals surface area contributed by atoms with Crippen molar-refractivity contribution in [2.24, 2.45) is 0 Å². The van der Waals surface area contributed by atoms with Gasteiger partial charge in [0.2, 0.25) is 0 Å². The van der Waals surface area contributed by atoms with Gasteiger partial charge in [-0.05, 0) is 81.4 Å². The molecule has 2 aromatic heterocycles. The molecule has 0 fully saturated rings. The average molecular weight is 620 g/mol. The smallest absolute Gasteiger partial charge is 0.0992 e. The maximum Gasteiger partial charge on any atom is 0.0992 e. The van der Waals surface area contributed by atoms with Crippen LogP contribution in [0.3, 0.4) is 0 Å². The highest BCUT2D eigenvalue weighted by Crippen LogP contribution is 2.45. The molecule has 0 aliphatic rings. The van der Waals surface area contributed by atoms with Crippen LogP contribution >= 0.6 is 22.7 Å². The van der Waals surface area contributed by atoms with E-state index in [0.29, 0.717) is 5.56 Å². The van der Waals surface area contributed by atoms with Crippen LogP contribution in [0.25, 0.3) is 84.9 Å². The van der Waals surface area contributed by atoms with Crippen LogP contribution in [0.2, 0.25) is 0 Å². The number of rotatable bonds is 4. The summed E-state index contributed by atoms with van der Waals surface area (Å²) >= 11 is 3.69. The molecule has 214 valence electrons. The third-order valence-electron chi connectivity index (χ3n) is 8.91. The molecule has 0 radical (unpaired) electrons. The first-order valence-electron chi connectivity index (χ1n) is 15.3. The van der Waals surface area contributed by atoms with Crippen LogP contribution in [0.1, 0.15) is 5.56 Å². The highest BCUT2D eigenvalue weighted by Gasteiger charge is 2.17. The standard InChI is InChI=1S/C43H25NS2/c44-26-27-21-31(28-9-2-1-3-10-28)23-32(22-27)39-24-29(30-18-20-36-34-11-4-6-15-40(34)45-42(36)25-30)17-19-33(39)37-13-8-14-38-35-12-5-7-16-41(35)46-43(37)38/h1-25H. The maximum absolute atomic E-state index is 10.1. The van der Waals surface area contributed by atoms with Crippen LogP contribution in [0, 0.1) is 11.3 Å². The van der Waals surface area contributed by atoms with E-state index in [1.807, 2.05) is 53.0 Å². The van der Waals surface area contributed by atoms with Crippen molar-refractivity contribution >= 4 is 63.0 Å². The van der Waals surface area contributed by atoms with E-state index in [2.05, 4.69) is 127 Å². The minimum absolute atomic E-state index is 0.652. The summed E-state index contributed by atoms with van der Waals surface area (Å²) < 4.78 is 5.17. The van der Waals surface area contributed by atoms with Gasteiger partial charge < -0.3 is 0 Å². The van der Waals surface area contributed by atoms with Crippen molar-refractivity contribution in [3.63, 3.8) is 0 Å². The molecule has 0 saturated carbocycles. The topological polar surface area (TPSA) is 23.8 Å². The van der Waals surface area contributed by atoms with E-state index in [9.17, 15) is 5.26 Å². The number of fused-ring (bicyclic) bond motifs is 6. The van der Waals surface area contributed by atoms with Gasteiger partial charge in [-0.1, -0.05) is 109 Å². The van der Waals surface area contributed by atoms with E-state index < -0.39 is 0 Å². The Labute approximate surface area is 274 Å². The van der Waals surface area contributed by atoms with Gasteiger partial charge in [0.05, 0.1) is 11.6 Å². The zero-order valence-corrected chi connectivity index (χ0v) is 26.3. The minimum atomic E-state index is 0.652. The second kappa shape index (κ2) is 10.8. The molecule has 2 heterocycles. The van der Waals surface area contributed by atoms with Gasteiger partial charge in [-0.3, -0.25) is 0 Å². The van der Waals surface area contributed by atoms with Gasteiger partial charge >= 0.3 is 0 Å². The van der Waals surface area contributed by atoms with Crippen LogP contribution in [-0.2, 0) is 0 Å². The molecule has 0 N–H and O–H groups in total. The fraction of sp³-hybridized carbons (Fsp3) is 0. The van der Waals surface area contributed by atoms with Crippen LogP contribution < -0.4 is 0 Å². The molecule has 0 bridgehead atoms. The second-order valence-corrected chi connectivity index (χ2v) is 13.8. The average Bonchev–Trinajstić information content (AvgIpc) is 3.70. The molecule has 0 spiro atoms. The third-order valence-corrected chi connectivity index (χ3v) is 11.3. The van der Waals surface area contributed by atoms with Gasteiger partial charge in [0.1, 0.15) is 0 Å². The van der Waals surface area contributed by atoms with Crippen molar-refractivity contribution in [2.75, 3.05) is 0 Å². The fourth-order valence-corrected chi connectivity index (χ4v) is 9.08. The Kier molecular flexibility index (Phi) is 6.31. The Balaban J connectivity index is 1.30. The van der Waals surface area contributed by atoms with E-state index in [0.717, 1.165) is 33.4 Å². The number of nitriles is 1. The summed E-state index contributed by atoms with van der Waals surface area (Å²) in [4.78, 5) is 0. The summed E-state index contributed by atoms with van der Waals surface area (Å²) in [5.41, 5.74) is 9.67. The molecule has 3 heteroatoms. The third kappa shape index (κ3) is 4.43. The lowest BCUT2D eigenvalue weighted by molar-refractivity contribution is 1.48. The summed E-state index contributed by atoms with van der Waals surface area (Å²) in [6.45, 7) is 0. The Bertz CT molecular complexity index is 2650. The first-order valence-corrected chi connectivity index (χ1v) is 16.9. The lowest BCUT2D eigenvalue weighted by Gasteiger charge is -2.16.